The highest BCUT2D eigenvalue weighted by Crippen LogP contribution is 2.21. The second kappa shape index (κ2) is 6.72. The van der Waals surface area contributed by atoms with Crippen LogP contribution in [0.4, 0.5) is 0 Å². The number of hydrogen-bond donors (Lipinski definition) is 0. The maximum atomic E-state index is 11.4. The van der Waals surface area contributed by atoms with E-state index in [0.717, 1.165) is 5.56 Å². The maximum Gasteiger partial charge on any atom is 0.310 e. The number of nitrogens with zero attached hydrogens (tertiary/aromatic N) is 1. The lowest BCUT2D eigenvalue weighted by molar-refractivity contribution is -0.141. The van der Waals surface area contributed by atoms with Gasteiger partial charge in [0.1, 0.15) is 0 Å². The number of benzene rings is 1. The molecule has 4 heteroatoms. The Balaban J connectivity index is 2.92. The van der Waals surface area contributed by atoms with Crippen molar-refractivity contribution in [2.45, 2.75) is 13.3 Å². The van der Waals surface area contributed by atoms with Crippen molar-refractivity contribution in [1.29, 1.82) is 5.26 Å². The van der Waals surface area contributed by atoms with Crippen LogP contribution in [0, 0.1) is 11.3 Å². The van der Waals surface area contributed by atoms with Crippen molar-refractivity contribution in [3.05, 3.63) is 40.9 Å². The summed E-state index contributed by atoms with van der Waals surface area (Å²) in [4.78, 5) is 11.4. The highest BCUT2D eigenvalue weighted by Gasteiger charge is 2.09. The molecule has 0 radical (unpaired) electrons. The molecule has 0 saturated heterocycles. The van der Waals surface area contributed by atoms with Gasteiger partial charge in [-0.15, -0.1) is 0 Å². The van der Waals surface area contributed by atoms with Gasteiger partial charge in [0, 0.05) is 11.1 Å². The average Bonchev–Trinajstić information content (AvgIpc) is 2.29. The molecule has 1 aromatic carbocycles. The van der Waals surface area contributed by atoms with E-state index >= 15 is 0 Å². The van der Waals surface area contributed by atoms with Gasteiger partial charge in [-0.25, -0.2) is 0 Å². The molecular formula is C13H12ClNO2. The Kier molecular flexibility index (Phi) is 5.25. The number of allylic oxidation sites excluding steroid dienone is 1. The number of carbonyl (C=O) groups excluding carboxylic acids is 1. The molecule has 0 atom stereocenters. The Hall–Kier alpha value is -1.79. The summed E-state index contributed by atoms with van der Waals surface area (Å²) >= 11 is 5.86. The highest BCUT2D eigenvalue weighted by molar-refractivity contribution is 6.30. The van der Waals surface area contributed by atoms with Gasteiger partial charge in [-0.1, -0.05) is 23.7 Å². The zero-order valence-electron chi connectivity index (χ0n) is 9.44. The summed E-state index contributed by atoms with van der Waals surface area (Å²) in [5.41, 5.74) is 1.36. The zero-order valence-corrected chi connectivity index (χ0v) is 10.2. The maximum absolute atomic E-state index is 11.4. The molecule has 1 rings (SSSR count). The third-order valence-corrected chi connectivity index (χ3v) is 2.31. The van der Waals surface area contributed by atoms with Crippen LogP contribution in [-0.4, -0.2) is 12.6 Å². The second-order valence-corrected chi connectivity index (χ2v) is 3.73. The molecule has 0 aliphatic rings. The van der Waals surface area contributed by atoms with Gasteiger partial charge in [0.25, 0.3) is 0 Å². The number of esters is 1. The second-order valence-electron chi connectivity index (χ2n) is 3.29. The number of halogens is 1. The Labute approximate surface area is 105 Å². The normalized spacial score (nSPS) is 10.8. The topological polar surface area (TPSA) is 50.1 Å². The van der Waals surface area contributed by atoms with Gasteiger partial charge in [-0.05, 0) is 30.2 Å². The Bertz CT molecular complexity index is 475. The highest BCUT2D eigenvalue weighted by atomic mass is 35.5. The minimum atomic E-state index is -0.353. The van der Waals surface area contributed by atoms with E-state index in [0.29, 0.717) is 17.2 Å². The summed E-state index contributed by atoms with van der Waals surface area (Å²) in [6.07, 6.45) is 1.41. The van der Waals surface area contributed by atoms with Gasteiger partial charge >= 0.3 is 5.97 Å². The van der Waals surface area contributed by atoms with E-state index in [1.807, 2.05) is 6.07 Å². The summed E-state index contributed by atoms with van der Waals surface area (Å²) in [7, 11) is 0. The van der Waals surface area contributed by atoms with Gasteiger partial charge in [-0.2, -0.15) is 5.26 Å². The van der Waals surface area contributed by atoms with E-state index in [1.165, 1.54) is 6.08 Å². The molecule has 1 aromatic rings. The first-order valence-electron chi connectivity index (χ1n) is 5.17. The van der Waals surface area contributed by atoms with Gasteiger partial charge in [0.15, 0.2) is 0 Å². The van der Waals surface area contributed by atoms with E-state index in [9.17, 15) is 4.79 Å². The molecule has 0 heterocycles. The van der Waals surface area contributed by atoms with Gasteiger partial charge in [-0.3, -0.25) is 4.79 Å². The largest absolute Gasteiger partial charge is 0.466 e. The molecule has 0 N–H and O–H groups in total. The lowest BCUT2D eigenvalue weighted by Gasteiger charge is -2.06. The third-order valence-electron chi connectivity index (χ3n) is 2.07. The standard InChI is InChI=1S/C13H12ClNO2/c1-2-17-13(16)9-11(6-7-15)10-4-3-5-12(14)8-10/h3-6,8H,2,9H2,1H3/b11-6+. The molecule has 0 aromatic heterocycles. The molecule has 0 fully saturated rings. The summed E-state index contributed by atoms with van der Waals surface area (Å²) in [5.74, 6) is -0.353. The molecule has 0 aliphatic carbocycles. The predicted octanol–water partition coefficient (Wildman–Crippen LogP) is 3.20. The van der Waals surface area contributed by atoms with Crippen molar-refractivity contribution in [3.63, 3.8) is 0 Å². The van der Waals surface area contributed by atoms with Crippen LogP contribution < -0.4 is 0 Å². The van der Waals surface area contributed by atoms with E-state index in [-0.39, 0.29) is 12.4 Å². The van der Waals surface area contributed by atoms with Gasteiger partial charge in [0.05, 0.1) is 19.1 Å². The fraction of sp³-hybridized carbons (Fsp3) is 0.231. The van der Waals surface area contributed by atoms with Crippen molar-refractivity contribution >= 4 is 23.1 Å². The van der Waals surface area contributed by atoms with Crippen LogP contribution in [-0.2, 0) is 9.53 Å². The Morgan fingerprint density at radius 2 is 2.35 bits per heavy atom. The first-order chi connectivity index (χ1) is 8.17. The minimum Gasteiger partial charge on any atom is -0.466 e. The van der Waals surface area contributed by atoms with Crippen LogP contribution in [0.25, 0.3) is 5.57 Å². The third kappa shape index (κ3) is 4.29. The molecule has 0 amide bonds. The van der Waals surface area contributed by atoms with Crippen molar-refractivity contribution in [2.75, 3.05) is 6.61 Å². The minimum absolute atomic E-state index is 0.0712. The van der Waals surface area contributed by atoms with Crippen LogP contribution in [0.5, 0.6) is 0 Å². The number of carbonyl (C=O) groups is 1. The molecule has 0 aliphatic heterocycles. The zero-order chi connectivity index (χ0) is 12.7. The van der Waals surface area contributed by atoms with E-state index < -0.39 is 0 Å². The fourth-order valence-electron chi connectivity index (χ4n) is 1.37. The Morgan fingerprint density at radius 1 is 1.59 bits per heavy atom. The van der Waals surface area contributed by atoms with E-state index in [2.05, 4.69) is 0 Å². The molecule has 3 nitrogen and oxygen atoms in total. The van der Waals surface area contributed by atoms with Crippen molar-refractivity contribution < 1.29 is 9.53 Å². The van der Waals surface area contributed by atoms with Crippen LogP contribution >= 0.6 is 11.6 Å². The molecule has 17 heavy (non-hydrogen) atoms. The van der Waals surface area contributed by atoms with Crippen LogP contribution in [0.1, 0.15) is 18.9 Å². The molecule has 88 valence electrons. The molecular weight excluding hydrogens is 238 g/mol. The summed E-state index contributed by atoms with van der Waals surface area (Å²) in [6.45, 7) is 2.07. The number of ether oxygens (including phenoxy) is 1. The summed E-state index contributed by atoms with van der Waals surface area (Å²) < 4.78 is 4.85. The van der Waals surface area contributed by atoms with Gasteiger partial charge < -0.3 is 4.74 Å². The Morgan fingerprint density at radius 3 is 2.94 bits per heavy atom. The van der Waals surface area contributed by atoms with Crippen LogP contribution in [0.2, 0.25) is 5.02 Å². The van der Waals surface area contributed by atoms with Crippen LogP contribution in [0.15, 0.2) is 30.3 Å². The van der Waals surface area contributed by atoms with Crippen molar-refractivity contribution in [3.8, 4) is 6.07 Å². The summed E-state index contributed by atoms with van der Waals surface area (Å²) in [6, 6.07) is 8.94. The average molecular weight is 250 g/mol. The number of rotatable bonds is 4. The number of nitriles is 1. The smallest absolute Gasteiger partial charge is 0.310 e. The first kappa shape index (κ1) is 13.3. The first-order valence-corrected chi connectivity index (χ1v) is 5.55. The SMILES string of the molecule is CCOC(=O)C/C(=C\C#N)c1cccc(Cl)c1. The van der Waals surface area contributed by atoms with E-state index in [4.69, 9.17) is 21.6 Å². The van der Waals surface area contributed by atoms with Crippen molar-refractivity contribution in [1.82, 2.24) is 0 Å². The summed E-state index contributed by atoms with van der Waals surface area (Å²) in [5, 5.41) is 9.26. The lowest BCUT2D eigenvalue weighted by atomic mass is 10.0. The van der Waals surface area contributed by atoms with Crippen LogP contribution in [0.3, 0.4) is 0 Å². The quantitative estimate of drug-likeness (QED) is 0.608. The molecule has 0 unspecified atom stereocenters. The molecule has 0 spiro atoms. The monoisotopic (exact) mass is 249 g/mol. The molecule has 0 bridgehead atoms. The van der Waals surface area contributed by atoms with Crippen molar-refractivity contribution in [2.24, 2.45) is 0 Å². The number of hydrogen-bond acceptors (Lipinski definition) is 3. The fourth-order valence-corrected chi connectivity index (χ4v) is 1.56. The molecule has 0 saturated carbocycles. The van der Waals surface area contributed by atoms with E-state index in [1.54, 1.807) is 31.2 Å². The lowest BCUT2D eigenvalue weighted by Crippen LogP contribution is -2.04. The van der Waals surface area contributed by atoms with Gasteiger partial charge in [0.2, 0.25) is 0 Å². The predicted molar refractivity (Wildman–Crippen MR) is 66.3 cm³/mol.